The maximum Gasteiger partial charge on any atom is 0.410 e. The van der Waals surface area contributed by atoms with Crippen molar-refractivity contribution in [1.29, 1.82) is 0 Å². The third-order valence-corrected chi connectivity index (χ3v) is 4.58. The molecule has 0 aromatic carbocycles. The number of nitrogens with zero attached hydrogens (tertiary/aromatic N) is 4. The lowest BCUT2D eigenvalue weighted by atomic mass is 10.2. The lowest BCUT2D eigenvalue weighted by Gasteiger charge is -2.35. The Hall–Kier alpha value is -2.09. The number of fused-ring (bicyclic) bond motifs is 1. The van der Waals surface area contributed by atoms with E-state index in [0.717, 1.165) is 15.8 Å². The molecule has 2 amide bonds. The number of rotatable bonds is 2. The molecule has 7 nitrogen and oxygen atoms in total. The molecule has 8 heteroatoms. The summed E-state index contributed by atoms with van der Waals surface area (Å²) >= 11 is 3.42. The Morgan fingerprint density at radius 2 is 1.85 bits per heavy atom. The number of piperazine rings is 1. The maximum atomic E-state index is 12.5. The molecule has 3 rings (SSSR count). The van der Waals surface area contributed by atoms with E-state index in [1.807, 2.05) is 49.7 Å². The van der Waals surface area contributed by atoms with Gasteiger partial charge in [0, 0.05) is 43.0 Å². The second-order valence-corrected chi connectivity index (χ2v) is 8.28. The maximum absolute atomic E-state index is 12.5. The van der Waals surface area contributed by atoms with Gasteiger partial charge in [-0.25, -0.2) is 9.78 Å². The highest BCUT2D eigenvalue weighted by atomic mass is 79.9. The molecule has 1 saturated heterocycles. The highest BCUT2D eigenvalue weighted by molar-refractivity contribution is 9.10. The Morgan fingerprint density at radius 1 is 1.19 bits per heavy atom. The number of aromatic nitrogens is 2. The molecule has 1 aliphatic heterocycles. The number of hydrogen-bond acceptors (Lipinski definition) is 4. The van der Waals surface area contributed by atoms with Gasteiger partial charge in [0.1, 0.15) is 11.2 Å². The van der Waals surface area contributed by atoms with E-state index >= 15 is 0 Å². The summed E-state index contributed by atoms with van der Waals surface area (Å²) in [6, 6.07) is 3.84. The van der Waals surface area contributed by atoms with E-state index in [-0.39, 0.29) is 18.4 Å². The van der Waals surface area contributed by atoms with Crippen LogP contribution in [0.2, 0.25) is 0 Å². The van der Waals surface area contributed by atoms with Gasteiger partial charge in [0.05, 0.1) is 12.1 Å². The molecule has 1 aliphatic rings. The smallest absolute Gasteiger partial charge is 0.410 e. The normalized spacial score (nSPS) is 15.4. The highest BCUT2D eigenvalue weighted by Crippen LogP contribution is 2.15. The number of amides is 2. The molecule has 0 aliphatic carbocycles. The molecule has 2 aromatic rings. The SMILES string of the molecule is CC(C)(C)OC(=O)N1CCN(C(=O)Cc2cn3ccc(Br)cc3n2)CC1. The molecule has 26 heavy (non-hydrogen) atoms. The van der Waals surface area contributed by atoms with Crippen molar-refractivity contribution in [2.24, 2.45) is 0 Å². The Morgan fingerprint density at radius 3 is 2.50 bits per heavy atom. The van der Waals surface area contributed by atoms with Gasteiger partial charge < -0.3 is 18.9 Å². The van der Waals surface area contributed by atoms with E-state index in [2.05, 4.69) is 20.9 Å². The number of pyridine rings is 1. The lowest BCUT2D eigenvalue weighted by Crippen LogP contribution is -2.52. The first-order chi connectivity index (χ1) is 12.2. The van der Waals surface area contributed by atoms with Gasteiger partial charge in [0.15, 0.2) is 0 Å². The second kappa shape index (κ2) is 7.26. The summed E-state index contributed by atoms with van der Waals surface area (Å²) in [4.78, 5) is 32.6. The number of carbonyl (C=O) groups excluding carboxylic acids is 2. The van der Waals surface area contributed by atoms with E-state index in [1.165, 1.54) is 0 Å². The van der Waals surface area contributed by atoms with Crippen molar-refractivity contribution in [2.45, 2.75) is 32.8 Å². The van der Waals surface area contributed by atoms with E-state index in [1.54, 1.807) is 9.80 Å². The summed E-state index contributed by atoms with van der Waals surface area (Å²) in [5, 5.41) is 0. The molecule has 0 radical (unpaired) electrons. The van der Waals surface area contributed by atoms with Crippen molar-refractivity contribution >= 4 is 33.6 Å². The van der Waals surface area contributed by atoms with Crippen LogP contribution in [-0.4, -0.2) is 63.0 Å². The minimum absolute atomic E-state index is 0.0244. The van der Waals surface area contributed by atoms with Crippen LogP contribution in [0.15, 0.2) is 29.0 Å². The number of halogens is 1. The molecule has 3 heterocycles. The van der Waals surface area contributed by atoms with Gasteiger partial charge in [-0.05, 0) is 32.9 Å². The van der Waals surface area contributed by atoms with Gasteiger partial charge in [-0.3, -0.25) is 4.79 Å². The van der Waals surface area contributed by atoms with Gasteiger partial charge in [-0.2, -0.15) is 0 Å². The quantitative estimate of drug-likeness (QED) is 0.745. The minimum atomic E-state index is -0.512. The second-order valence-electron chi connectivity index (χ2n) is 7.37. The number of carbonyl (C=O) groups is 2. The first-order valence-electron chi connectivity index (χ1n) is 8.60. The molecular weight excluding hydrogens is 400 g/mol. The van der Waals surface area contributed by atoms with Gasteiger partial charge in [0.25, 0.3) is 0 Å². The number of ether oxygens (including phenoxy) is 1. The van der Waals surface area contributed by atoms with Crippen molar-refractivity contribution < 1.29 is 14.3 Å². The molecule has 140 valence electrons. The summed E-state index contributed by atoms with van der Waals surface area (Å²) < 4.78 is 8.23. The first-order valence-corrected chi connectivity index (χ1v) is 9.39. The monoisotopic (exact) mass is 422 g/mol. The Kier molecular flexibility index (Phi) is 5.22. The fraction of sp³-hybridized carbons (Fsp3) is 0.500. The molecule has 0 bridgehead atoms. The Labute approximate surface area is 161 Å². The molecule has 0 atom stereocenters. The van der Waals surface area contributed by atoms with Crippen LogP contribution in [0.3, 0.4) is 0 Å². The standard InChI is InChI=1S/C18H23BrN4O3/c1-18(2,3)26-17(25)22-8-6-21(7-9-22)16(24)11-14-12-23-5-4-13(19)10-15(23)20-14/h4-5,10,12H,6-9,11H2,1-3H3. The van der Waals surface area contributed by atoms with Crippen molar-refractivity contribution in [3.63, 3.8) is 0 Å². The fourth-order valence-corrected chi connectivity index (χ4v) is 3.15. The summed E-state index contributed by atoms with van der Waals surface area (Å²) in [5.41, 5.74) is 1.03. The fourth-order valence-electron chi connectivity index (χ4n) is 2.83. The average molecular weight is 423 g/mol. The first kappa shape index (κ1) is 18.7. The molecule has 0 saturated carbocycles. The summed E-state index contributed by atoms with van der Waals surface area (Å²) in [7, 11) is 0. The van der Waals surface area contributed by atoms with Crippen molar-refractivity contribution in [1.82, 2.24) is 19.2 Å². The van der Waals surface area contributed by atoms with Crippen molar-refractivity contribution in [3.05, 3.63) is 34.7 Å². The van der Waals surface area contributed by atoms with Crippen LogP contribution in [0.4, 0.5) is 4.79 Å². The van der Waals surface area contributed by atoms with E-state index in [0.29, 0.717) is 26.2 Å². The van der Waals surface area contributed by atoms with E-state index in [9.17, 15) is 9.59 Å². The van der Waals surface area contributed by atoms with Crippen LogP contribution >= 0.6 is 15.9 Å². The van der Waals surface area contributed by atoms with E-state index < -0.39 is 5.60 Å². The van der Waals surface area contributed by atoms with Crippen LogP contribution in [0, 0.1) is 0 Å². The van der Waals surface area contributed by atoms with Crippen LogP contribution < -0.4 is 0 Å². The third-order valence-electron chi connectivity index (χ3n) is 4.09. The van der Waals surface area contributed by atoms with E-state index in [4.69, 9.17) is 4.74 Å². The van der Waals surface area contributed by atoms with Crippen LogP contribution in [-0.2, 0) is 16.0 Å². The predicted molar refractivity (Wildman–Crippen MR) is 101 cm³/mol. The highest BCUT2D eigenvalue weighted by Gasteiger charge is 2.27. The summed E-state index contributed by atoms with van der Waals surface area (Å²) in [6.45, 7) is 7.53. The zero-order chi connectivity index (χ0) is 18.9. The van der Waals surface area contributed by atoms with Gasteiger partial charge in [-0.15, -0.1) is 0 Å². The number of hydrogen-bond donors (Lipinski definition) is 0. The average Bonchev–Trinajstić information content (AvgIpc) is 2.94. The van der Waals surface area contributed by atoms with Crippen molar-refractivity contribution in [2.75, 3.05) is 26.2 Å². The Balaban J connectivity index is 1.55. The molecule has 0 N–H and O–H groups in total. The predicted octanol–water partition coefficient (Wildman–Crippen LogP) is 2.72. The van der Waals surface area contributed by atoms with Gasteiger partial charge in [0.2, 0.25) is 5.91 Å². The molecule has 2 aromatic heterocycles. The van der Waals surface area contributed by atoms with Crippen molar-refractivity contribution in [3.8, 4) is 0 Å². The van der Waals surface area contributed by atoms with Crippen LogP contribution in [0.25, 0.3) is 5.65 Å². The Bertz CT molecular complexity index is 819. The topological polar surface area (TPSA) is 67.2 Å². The molecule has 0 unspecified atom stereocenters. The van der Waals surface area contributed by atoms with Crippen LogP contribution in [0.1, 0.15) is 26.5 Å². The minimum Gasteiger partial charge on any atom is -0.444 e. The summed E-state index contributed by atoms with van der Waals surface area (Å²) in [6.07, 6.45) is 3.71. The summed E-state index contributed by atoms with van der Waals surface area (Å²) in [5.74, 6) is 0.0244. The number of imidazole rings is 1. The van der Waals surface area contributed by atoms with Gasteiger partial charge in [-0.1, -0.05) is 15.9 Å². The van der Waals surface area contributed by atoms with Crippen LogP contribution in [0.5, 0.6) is 0 Å². The largest absolute Gasteiger partial charge is 0.444 e. The molecule has 0 spiro atoms. The van der Waals surface area contributed by atoms with Gasteiger partial charge >= 0.3 is 6.09 Å². The molecular formula is C18H23BrN4O3. The molecule has 1 fully saturated rings. The third kappa shape index (κ3) is 4.55. The zero-order valence-corrected chi connectivity index (χ0v) is 16.8. The lowest BCUT2D eigenvalue weighted by molar-refractivity contribution is -0.132. The zero-order valence-electron chi connectivity index (χ0n) is 15.2.